The fourth-order valence-corrected chi connectivity index (χ4v) is 2.27. The summed E-state index contributed by atoms with van der Waals surface area (Å²) in [5.41, 5.74) is 1.48. The van der Waals surface area contributed by atoms with Crippen molar-refractivity contribution < 1.29 is 14.2 Å². The Morgan fingerprint density at radius 2 is 1.96 bits per heavy atom. The summed E-state index contributed by atoms with van der Waals surface area (Å²) in [6.45, 7) is 0.626. The highest BCUT2D eigenvalue weighted by atomic mass is 19.1. The quantitative estimate of drug-likeness (QED) is 0.645. The molecule has 3 aromatic rings. The number of aliphatic hydroxyl groups is 1. The molecule has 3 rings (SSSR count). The zero-order chi connectivity index (χ0) is 17.6. The largest absolute Gasteiger partial charge is 0.489 e. The van der Waals surface area contributed by atoms with Crippen molar-refractivity contribution in [3.63, 3.8) is 0 Å². The normalized spacial score (nSPS) is 12.1. The molecular weight excluding hydrogens is 323 g/mol. The minimum absolute atomic E-state index is 0.175. The molecule has 0 aliphatic carbocycles. The van der Waals surface area contributed by atoms with Gasteiger partial charge < -0.3 is 9.84 Å². The van der Waals surface area contributed by atoms with Gasteiger partial charge >= 0.3 is 0 Å². The second-order valence-electron chi connectivity index (χ2n) is 5.58. The van der Waals surface area contributed by atoms with Crippen LogP contribution in [0.25, 0.3) is 0 Å². The van der Waals surface area contributed by atoms with E-state index in [9.17, 15) is 9.50 Å². The number of nitrogens with zero attached hydrogens (tertiary/aromatic N) is 3. The number of ether oxygens (including phenoxy) is 1. The zero-order valence-electron chi connectivity index (χ0n) is 13.8. The Kier molecular flexibility index (Phi) is 5.37. The molecule has 0 saturated carbocycles. The number of hydrogen-bond acceptors (Lipinski definition) is 5. The Morgan fingerprint density at radius 1 is 1.20 bits per heavy atom. The van der Waals surface area contributed by atoms with Crippen LogP contribution < -0.4 is 10.1 Å². The van der Waals surface area contributed by atoms with Crippen LogP contribution in [0.5, 0.6) is 5.75 Å². The van der Waals surface area contributed by atoms with Gasteiger partial charge in [-0.25, -0.2) is 9.37 Å². The minimum Gasteiger partial charge on any atom is -0.489 e. The highest BCUT2D eigenvalue weighted by Gasteiger charge is 2.11. The fourth-order valence-electron chi connectivity index (χ4n) is 2.27. The molecule has 25 heavy (non-hydrogen) atoms. The summed E-state index contributed by atoms with van der Waals surface area (Å²) in [7, 11) is 1.74. The van der Waals surface area contributed by atoms with Gasteiger partial charge in [0.05, 0.1) is 0 Å². The van der Waals surface area contributed by atoms with Gasteiger partial charge in [0.2, 0.25) is 0 Å². The molecule has 2 aromatic carbocycles. The maximum Gasteiger partial charge on any atom is 0.194 e. The summed E-state index contributed by atoms with van der Waals surface area (Å²) in [4.78, 5) is 3.99. The van der Waals surface area contributed by atoms with E-state index in [1.54, 1.807) is 25.2 Å². The maximum absolute atomic E-state index is 13.6. The van der Waals surface area contributed by atoms with Gasteiger partial charge in [-0.05, 0) is 23.8 Å². The number of benzene rings is 2. The third kappa shape index (κ3) is 4.62. The first-order valence-corrected chi connectivity index (χ1v) is 7.84. The van der Waals surface area contributed by atoms with E-state index in [1.165, 1.54) is 17.1 Å². The van der Waals surface area contributed by atoms with Crippen LogP contribution in [0.4, 0.5) is 4.39 Å². The van der Waals surface area contributed by atoms with Crippen molar-refractivity contribution in [3.8, 4) is 5.75 Å². The predicted octanol–water partition coefficient (Wildman–Crippen LogP) is 2.31. The molecule has 1 heterocycles. The lowest BCUT2D eigenvalue weighted by atomic mass is 10.2. The predicted molar refractivity (Wildman–Crippen MR) is 90.0 cm³/mol. The fraction of sp³-hybridized carbons (Fsp3) is 0.222. The Hall–Kier alpha value is -2.77. The van der Waals surface area contributed by atoms with Gasteiger partial charge in [-0.2, -0.15) is 5.10 Å². The third-order valence-corrected chi connectivity index (χ3v) is 3.64. The topological polar surface area (TPSA) is 72.2 Å². The molecule has 0 radical (unpaired) electrons. The highest BCUT2D eigenvalue weighted by Crippen LogP contribution is 2.16. The van der Waals surface area contributed by atoms with Gasteiger partial charge in [-0.15, -0.1) is 0 Å². The summed E-state index contributed by atoms with van der Waals surface area (Å²) in [5.74, 6) is 0.701. The molecule has 7 heteroatoms. The first-order valence-electron chi connectivity index (χ1n) is 7.84. The third-order valence-electron chi connectivity index (χ3n) is 3.64. The van der Waals surface area contributed by atoms with E-state index in [-0.39, 0.29) is 12.4 Å². The van der Waals surface area contributed by atoms with E-state index in [0.717, 1.165) is 5.56 Å². The molecule has 1 unspecified atom stereocenters. The van der Waals surface area contributed by atoms with Crippen LogP contribution in [0, 0.1) is 5.82 Å². The van der Waals surface area contributed by atoms with Crippen molar-refractivity contribution in [2.75, 3.05) is 0 Å². The van der Waals surface area contributed by atoms with Crippen molar-refractivity contribution in [2.45, 2.75) is 19.4 Å². The van der Waals surface area contributed by atoms with Crippen LogP contribution >= 0.6 is 0 Å². The molecule has 0 saturated heterocycles. The summed E-state index contributed by atoms with van der Waals surface area (Å²) >= 11 is 0. The zero-order valence-corrected chi connectivity index (χ0v) is 13.8. The lowest BCUT2D eigenvalue weighted by Crippen LogP contribution is -2.21. The molecule has 0 aliphatic rings. The first kappa shape index (κ1) is 17.1. The van der Waals surface area contributed by atoms with Crippen LogP contribution in [0.2, 0.25) is 0 Å². The van der Waals surface area contributed by atoms with Gasteiger partial charge in [0, 0.05) is 19.2 Å². The number of halogens is 1. The summed E-state index contributed by atoms with van der Waals surface area (Å²) in [6.07, 6.45) is 0.597. The molecule has 0 fully saturated rings. The van der Waals surface area contributed by atoms with E-state index in [1.807, 2.05) is 24.3 Å². The van der Waals surface area contributed by atoms with Crippen molar-refractivity contribution in [1.29, 1.82) is 0 Å². The molecule has 0 aliphatic heterocycles. The number of hydrogen-bond donors (Lipinski definition) is 2. The monoisotopic (exact) mass is 342 g/mol. The Labute approximate surface area is 144 Å². The number of aryl methyl sites for hydroxylation is 1. The molecule has 130 valence electrons. The first-order chi connectivity index (χ1) is 12.1. The van der Waals surface area contributed by atoms with Crippen molar-refractivity contribution in [3.05, 3.63) is 77.6 Å². The van der Waals surface area contributed by atoms with Crippen LogP contribution in [-0.2, 0) is 20.2 Å². The van der Waals surface area contributed by atoms with Gasteiger partial charge in [0.15, 0.2) is 12.1 Å². The Morgan fingerprint density at radius 3 is 2.64 bits per heavy atom. The average molecular weight is 342 g/mol. The summed E-state index contributed by atoms with van der Waals surface area (Å²) in [6, 6.07) is 13.9. The van der Waals surface area contributed by atoms with Crippen LogP contribution in [0.3, 0.4) is 0 Å². The lowest BCUT2D eigenvalue weighted by Gasteiger charge is -2.11. The minimum atomic E-state index is -0.932. The number of aliphatic hydroxyl groups excluding tert-OH is 1. The molecular formula is C18H19FN4O2. The standard InChI is InChI=1S/C18H19FN4O2/c1-23-12-21-17(22-23)18(24)20-10-13-6-8-15(9-7-13)25-11-14-4-2-3-5-16(14)19/h2-9,12,18,20,24H,10-11H2,1H3. The number of aromatic nitrogens is 3. The molecule has 1 aromatic heterocycles. The molecule has 6 nitrogen and oxygen atoms in total. The van der Waals surface area contributed by atoms with E-state index in [0.29, 0.717) is 23.7 Å². The van der Waals surface area contributed by atoms with Crippen molar-refractivity contribution >= 4 is 0 Å². The van der Waals surface area contributed by atoms with Crippen molar-refractivity contribution in [2.24, 2.45) is 7.05 Å². The molecule has 1 atom stereocenters. The summed E-state index contributed by atoms with van der Waals surface area (Å²) < 4.78 is 20.7. The van der Waals surface area contributed by atoms with Crippen LogP contribution in [-0.4, -0.2) is 19.9 Å². The number of nitrogens with one attached hydrogen (secondary N) is 1. The number of rotatable bonds is 7. The lowest BCUT2D eigenvalue weighted by molar-refractivity contribution is 0.127. The van der Waals surface area contributed by atoms with Crippen molar-refractivity contribution in [1.82, 2.24) is 20.1 Å². The molecule has 0 amide bonds. The molecule has 0 bridgehead atoms. The van der Waals surface area contributed by atoms with E-state index >= 15 is 0 Å². The highest BCUT2D eigenvalue weighted by molar-refractivity contribution is 5.28. The molecule has 2 N–H and O–H groups in total. The second kappa shape index (κ2) is 7.87. The molecule has 0 spiro atoms. The SMILES string of the molecule is Cn1cnc(C(O)NCc2ccc(OCc3ccccc3F)cc2)n1. The van der Waals surface area contributed by atoms with Gasteiger partial charge in [0.25, 0.3) is 0 Å². The summed E-state index contributed by atoms with van der Waals surface area (Å²) in [5, 5.41) is 17.0. The maximum atomic E-state index is 13.6. The van der Waals surface area contributed by atoms with E-state index < -0.39 is 6.23 Å². The van der Waals surface area contributed by atoms with Gasteiger partial charge in [-0.3, -0.25) is 10.00 Å². The van der Waals surface area contributed by atoms with Crippen LogP contribution in [0.15, 0.2) is 54.9 Å². The van der Waals surface area contributed by atoms with E-state index in [2.05, 4.69) is 15.4 Å². The van der Waals surface area contributed by atoms with Crippen LogP contribution in [0.1, 0.15) is 23.2 Å². The second-order valence-corrected chi connectivity index (χ2v) is 5.58. The average Bonchev–Trinajstić information content (AvgIpc) is 3.06. The van der Waals surface area contributed by atoms with E-state index in [4.69, 9.17) is 4.74 Å². The Bertz CT molecular complexity index is 820. The van der Waals surface area contributed by atoms with Gasteiger partial charge in [0.1, 0.15) is 24.5 Å². The van der Waals surface area contributed by atoms with Gasteiger partial charge in [-0.1, -0.05) is 30.3 Å². The Balaban J connectivity index is 1.51. The smallest absolute Gasteiger partial charge is 0.194 e.